The standard InChI is InChI=1S/C12H26N2O/c1-7-12(4,5)14(6)11(15)10(13)8-9(2)3/h9-10H,7-8,13H2,1-6H3/t10-/m1/s1. The molecule has 0 aliphatic heterocycles. The lowest BCUT2D eigenvalue weighted by Crippen LogP contribution is -2.51. The monoisotopic (exact) mass is 214 g/mol. The number of hydrogen-bond donors (Lipinski definition) is 1. The molecule has 15 heavy (non-hydrogen) atoms. The minimum absolute atomic E-state index is 0.0514. The fourth-order valence-electron chi connectivity index (χ4n) is 1.39. The van der Waals surface area contributed by atoms with Crippen LogP contribution in [0.15, 0.2) is 0 Å². The van der Waals surface area contributed by atoms with E-state index in [1.807, 2.05) is 7.05 Å². The van der Waals surface area contributed by atoms with Crippen LogP contribution < -0.4 is 5.73 Å². The van der Waals surface area contributed by atoms with Crippen LogP contribution in [0.1, 0.15) is 47.5 Å². The third-order valence-corrected chi connectivity index (χ3v) is 3.15. The van der Waals surface area contributed by atoms with E-state index < -0.39 is 0 Å². The highest BCUT2D eigenvalue weighted by molar-refractivity contribution is 5.82. The summed E-state index contributed by atoms with van der Waals surface area (Å²) >= 11 is 0. The summed E-state index contributed by atoms with van der Waals surface area (Å²) in [6.07, 6.45) is 1.69. The van der Waals surface area contributed by atoms with Crippen LogP contribution in [0.25, 0.3) is 0 Å². The third-order valence-electron chi connectivity index (χ3n) is 3.15. The van der Waals surface area contributed by atoms with Crippen molar-refractivity contribution in [2.24, 2.45) is 11.7 Å². The van der Waals surface area contributed by atoms with Gasteiger partial charge in [-0.3, -0.25) is 4.79 Å². The van der Waals surface area contributed by atoms with Gasteiger partial charge in [0.15, 0.2) is 0 Å². The lowest BCUT2D eigenvalue weighted by molar-refractivity contribution is -0.136. The molecule has 0 aliphatic carbocycles. The first-order valence-electron chi connectivity index (χ1n) is 5.75. The molecule has 0 saturated heterocycles. The molecule has 0 aliphatic rings. The molecular weight excluding hydrogens is 188 g/mol. The average Bonchev–Trinajstić information content (AvgIpc) is 2.14. The van der Waals surface area contributed by atoms with Gasteiger partial charge < -0.3 is 10.6 Å². The molecule has 90 valence electrons. The highest BCUT2D eigenvalue weighted by atomic mass is 16.2. The van der Waals surface area contributed by atoms with Gasteiger partial charge in [-0.2, -0.15) is 0 Å². The molecule has 0 unspecified atom stereocenters. The normalized spacial score (nSPS) is 14.1. The maximum atomic E-state index is 12.0. The Kier molecular flexibility index (Phi) is 5.29. The fraction of sp³-hybridized carbons (Fsp3) is 0.917. The van der Waals surface area contributed by atoms with E-state index in [4.69, 9.17) is 5.73 Å². The SMILES string of the molecule is CCC(C)(C)N(C)C(=O)[C@H](N)CC(C)C. The molecule has 0 aromatic heterocycles. The highest BCUT2D eigenvalue weighted by Gasteiger charge is 2.29. The van der Waals surface area contributed by atoms with Crippen LogP contribution in [0.3, 0.4) is 0 Å². The fourth-order valence-corrected chi connectivity index (χ4v) is 1.39. The predicted octanol–water partition coefficient (Wildman–Crippen LogP) is 2.01. The maximum absolute atomic E-state index is 12.0. The van der Waals surface area contributed by atoms with E-state index in [0.717, 1.165) is 12.8 Å². The minimum Gasteiger partial charge on any atom is -0.339 e. The summed E-state index contributed by atoms with van der Waals surface area (Å²) in [5.74, 6) is 0.512. The average molecular weight is 214 g/mol. The maximum Gasteiger partial charge on any atom is 0.239 e. The van der Waals surface area contributed by atoms with Crippen molar-refractivity contribution in [2.45, 2.75) is 59.0 Å². The van der Waals surface area contributed by atoms with Crippen molar-refractivity contribution in [1.29, 1.82) is 0 Å². The Balaban J connectivity index is 4.44. The van der Waals surface area contributed by atoms with Gasteiger partial charge in [-0.1, -0.05) is 20.8 Å². The van der Waals surface area contributed by atoms with Crippen molar-refractivity contribution < 1.29 is 4.79 Å². The van der Waals surface area contributed by atoms with E-state index in [1.54, 1.807) is 4.90 Å². The Morgan fingerprint density at radius 1 is 1.40 bits per heavy atom. The zero-order chi connectivity index (χ0) is 12.2. The number of nitrogens with zero attached hydrogens (tertiary/aromatic N) is 1. The summed E-state index contributed by atoms with van der Waals surface area (Å²) in [5.41, 5.74) is 5.77. The largest absolute Gasteiger partial charge is 0.339 e. The lowest BCUT2D eigenvalue weighted by Gasteiger charge is -2.36. The second-order valence-electron chi connectivity index (χ2n) is 5.30. The molecule has 2 N–H and O–H groups in total. The molecule has 0 aromatic rings. The van der Waals surface area contributed by atoms with E-state index in [-0.39, 0.29) is 17.5 Å². The Morgan fingerprint density at radius 3 is 2.20 bits per heavy atom. The van der Waals surface area contributed by atoms with E-state index in [2.05, 4.69) is 34.6 Å². The molecule has 1 amide bonds. The number of hydrogen-bond acceptors (Lipinski definition) is 2. The van der Waals surface area contributed by atoms with Gasteiger partial charge in [0.1, 0.15) is 0 Å². The first kappa shape index (κ1) is 14.4. The van der Waals surface area contributed by atoms with E-state index in [0.29, 0.717) is 5.92 Å². The molecule has 3 heteroatoms. The highest BCUT2D eigenvalue weighted by Crippen LogP contribution is 2.18. The molecule has 0 aromatic carbocycles. The summed E-state index contributed by atoms with van der Waals surface area (Å²) in [5, 5.41) is 0. The predicted molar refractivity (Wildman–Crippen MR) is 64.6 cm³/mol. The topological polar surface area (TPSA) is 46.3 Å². The second-order valence-corrected chi connectivity index (χ2v) is 5.30. The molecule has 1 atom stereocenters. The van der Waals surface area contributed by atoms with Crippen molar-refractivity contribution >= 4 is 5.91 Å². The van der Waals surface area contributed by atoms with Gasteiger partial charge in [0.2, 0.25) is 5.91 Å². The minimum atomic E-state index is -0.360. The first-order chi connectivity index (χ1) is 6.72. The van der Waals surface area contributed by atoms with Gasteiger partial charge in [0, 0.05) is 12.6 Å². The van der Waals surface area contributed by atoms with E-state index >= 15 is 0 Å². The Bertz CT molecular complexity index is 212. The van der Waals surface area contributed by atoms with Crippen LogP contribution in [-0.4, -0.2) is 29.4 Å². The number of carbonyl (C=O) groups excluding carboxylic acids is 1. The molecule has 0 radical (unpaired) electrons. The lowest BCUT2D eigenvalue weighted by atomic mass is 9.97. The van der Waals surface area contributed by atoms with Crippen LogP contribution >= 0.6 is 0 Å². The van der Waals surface area contributed by atoms with Crippen LogP contribution in [0.2, 0.25) is 0 Å². The Hall–Kier alpha value is -0.570. The smallest absolute Gasteiger partial charge is 0.239 e. The Labute approximate surface area is 94.0 Å². The van der Waals surface area contributed by atoms with Crippen molar-refractivity contribution in [3.8, 4) is 0 Å². The molecule has 3 nitrogen and oxygen atoms in total. The van der Waals surface area contributed by atoms with Gasteiger partial charge in [-0.05, 0) is 32.6 Å². The summed E-state index contributed by atoms with van der Waals surface area (Å²) in [6, 6.07) is -0.360. The van der Waals surface area contributed by atoms with E-state index in [9.17, 15) is 4.79 Å². The molecule has 0 spiro atoms. The number of amides is 1. The van der Waals surface area contributed by atoms with Gasteiger partial charge in [0.25, 0.3) is 0 Å². The van der Waals surface area contributed by atoms with Gasteiger partial charge in [-0.15, -0.1) is 0 Å². The summed E-state index contributed by atoms with van der Waals surface area (Å²) < 4.78 is 0. The zero-order valence-electron chi connectivity index (χ0n) is 11.0. The van der Waals surface area contributed by atoms with Crippen LogP contribution in [0, 0.1) is 5.92 Å². The van der Waals surface area contributed by atoms with Crippen molar-refractivity contribution in [3.63, 3.8) is 0 Å². The summed E-state index contributed by atoms with van der Waals surface area (Å²) in [7, 11) is 1.84. The van der Waals surface area contributed by atoms with Crippen LogP contribution in [0.4, 0.5) is 0 Å². The zero-order valence-corrected chi connectivity index (χ0v) is 11.0. The second kappa shape index (κ2) is 5.50. The Morgan fingerprint density at radius 2 is 1.87 bits per heavy atom. The molecule has 0 fully saturated rings. The number of nitrogens with two attached hydrogens (primary N) is 1. The first-order valence-corrected chi connectivity index (χ1v) is 5.75. The van der Waals surface area contributed by atoms with Gasteiger partial charge in [0.05, 0.1) is 6.04 Å². The third kappa shape index (κ3) is 4.20. The number of rotatable bonds is 5. The molecule has 0 heterocycles. The van der Waals surface area contributed by atoms with Crippen molar-refractivity contribution in [1.82, 2.24) is 4.90 Å². The molecule has 0 saturated carbocycles. The van der Waals surface area contributed by atoms with Crippen LogP contribution in [0.5, 0.6) is 0 Å². The quantitative estimate of drug-likeness (QED) is 0.761. The van der Waals surface area contributed by atoms with Crippen molar-refractivity contribution in [3.05, 3.63) is 0 Å². The number of likely N-dealkylation sites (N-methyl/N-ethyl adjacent to an activating group) is 1. The van der Waals surface area contributed by atoms with Crippen LogP contribution in [-0.2, 0) is 4.79 Å². The molecule has 0 rings (SSSR count). The summed E-state index contributed by atoms with van der Waals surface area (Å²) in [4.78, 5) is 13.8. The van der Waals surface area contributed by atoms with E-state index in [1.165, 1.54) is 0 Å². The van der Waals surface area contributed by atoms with Crippen molar-refractivity contribution in [2.75, 3.05) is 7.05 Å². The van der Waals surface area contributed by atoms with Gasteiger partial charge >= 0.3 is 0 Å². The molecular formula is C12H26N2O. The van der Waals surface area contributed by atoms with Gasteiger partial charge in [-0.25, -0.2) is 0 Å². The molecule has 0 bridgehead atoms. The number of carbonyl (C=O) groups is 1. The summed E-state index contributed by atoms with van der Waals surface area (Å²) in [6.45, 7) is 10.4.